The van der Waals surface area contributed by atoms with E-state index in [1.54, 1.807) is 11.1 Å². The third-order valence-electron chi connectivity index (χ3n) is 4.27. The Morgan fingerprint density at radius 2 is 2.28 bits per heavy atom. The molecular weight excluding hydrogens is 320 g/mol. The van der Waals surface area contributed by atoms with E-state index < -0.39 is 0 Å². The van der Waals surface area contributed by atoms with Gasteiger partial charge in [-0.05, 0) is 18.1 Å². The van der Waals surface area contributed by atoms with Crippen LogP contribution in [0.5, 0.6) is 0 Å². The fourth-order valence-electron chi connectivity index (χ4n) is 2.79. The number of aromatic nitrogens is 2. The normalized spacial score (nSPS) is 17.3. The molecule has 0 bridgehead atoms. The van der Waals surface area contributed by atoms with Crippen LogP contribution in [0.2, 0.25) is 0 Å². The molecular formula is C18H22N4O3. The van der Waals surface area contributed by atoms with Gasteiger partial charge in [-0.3, -0.25) is 14.6 Å². The summed E-state index contributed by atoms with van der Waals surface area (Å²) in [6.07, 6.45) is 1.93. The highest BCUT2D eigenvalue weighted by Crippen LogP contribution is 2.20. The molecule has 3 heterocycles. The lowest BCUT2D eigenvalue weighted by molar-refractivity contribution is -0.129. The minimum Gasteiger partial charge on any atom is -0.359 e. The highest BCUT2D eigenvalue weighted by Gasteiger charge is 2.34. The minimum atomic E-state index is -0.344. The second-order valence-electron chi connectivity index (χ2n) is 6.59. The summed E-state index contributed by atoms with van der Waals surface area (Å²) in [7, 11) is 0. The summed E-state index contributed by atoms with van der Waals surface area (Å²) in [5.41, 5.74) is 1.68. The predicted molar refractivity (Wildman–Crippen MR) is 90.2 cm³/mol. The van der Waals surface area contributed by atoms with Gasteiger partial charge in [0.1, 0.15) is 0 Å². The molecule has 0 unspecified atom stereocenters. The Labute approximate surface area is 146 Å². The van der Waals surface area contributed by atoms with Crippen LogP contribution in [0.25, 0.3) is 0 Å². The van der Waals surface area contributed by atoms with Gasteiger partial charge in [0.05, 0.1) is 30.4 Å². The zero-order valence-corrected chi connectivity index (χ0v) is 14.4. The van der Waals surface area contributed by atoms with E-state index in [0.717, 1.165) is 11.4 Å². The molecule has 3 rings (SSSR count). The highest BCUT2D eigenvalue weighted by atomic mass is 16.5. The average molecular weight is 342 g/mol. The van der Waals surface area contributed by atoms with Crippen LogP contribution < -0.4 is 5.32 Å². The van der Waals surface area contributed by atoms with Crippen molar-refractivity contribution in [2.45, 2.75) is 39.3 Å². The molecule has 0 aliphatic carbocycles. The van der Waals surface area contributed by atoms with Crippen molar-refractivity contribution in [2.24, 2.45) is 5.92 Å². The molecule has 2 amide bonds. The van der Waals surface area contributed by atoms with Crippen LogP contribution in [0.4, 0.5) is 0 Å². The Morgan fingerprint density at radius 1 is 1.44 bits per heavy atom. The second kappa shape index (κ2) is 7.46. The van der Waals surface area contributed by atoms with Gasteiger partial charge in [0.25, 0.3) is 0 Å². The average Bonchev–Trinajstić information content (AvgIpc) is 3.21. The van der Waals surface area contributed by atoms with Gasteiger partial charge in [0, 0.05) is 25.2 Å². The van der Waals surface area contributed by atoms with E-state index in [-0.39, 0.29) is 36.6 Å². The molecule has 2 aromatic rings. The monoisotopic (exact) mass is 342 g/mol. The largest absolute Gasteiger partial charge is 0.359 e. The number of carbonyl (C=O) groups is 2. The van der Waals surface area contributed by atoms with Gasteiger partial charge in [0.2, 0.25) is 11.8 Å². The van der Waals surface area contributed by atoms with Crippen LogP contribution in [-0.4, -0.2) is 33.4 Å². The lowest BCUT2D eigenvalue weighted by atomic mass is 10.1. The third-order valence-corrected chi connectivity index (χ3v) is 4.27. The van der Waals surface area contributed by atoms with E-state index in [0.29, 0.717) is 18.8 Å². The maximum Gasteiger partial charge on any atom is 0.225 e. The molecule has 1 atom stereocenters. The zero-order chi connectivity index (χ0) is 17.8. The summed E-state index contributed by atoms with van der Waals surface area (Å²) in [4.78, 5) is 30.4. The molecule has 0 spiro atoms. The maximum absolute atomic E-state index is 12.3. The summed E-state index contributed by atoms with van der Waals surface area (Å²) >= 11 is 0. The second-order valence-corrected chi connectivity index (χ2v) is 6.59. The highest BCUT2D eigenvalue weighted by molar-refractivity contribution is 5.89. The van der Waals surface area contributed by atoms with Gasteiger partial charge in [-0.25, -0.2) is 0 Å². The van der Waals surface area contributed by atoms with Crippen LogP contribution in [0, 0.1) is 5.92 Å². The van der Waals surface area contributed by atoms with Crippen molar-refractivity contribution in [1.29, 1.82) is 0 Å². The number of nitrogens with one attached hydrogen (secondary N) is 1. The first-order valence-electron chi connectivity index (χ1n) is 8.44. The molecule has 1 aliphatic rings. The van der Waals surface area contributed by atoms with E-state index >= 15 is 0 Å². The first-order chi connectivity index (χ1) is 12.0. The van der Waals surface area contributed by atoms with E-state index in [9.17, 15) is 9.59 Å². The van der Waals surface area contributed by atoms with Crippen molar-refractivity contribution in [1.82, 2.24) is 20.4 Å². The maximum atomic E-state index is 12.3. The number of likely N-dealkylation sites (tertiary alicyclic amines) is 1. The Hall–Kier alpha value is -2.70. The third kappa shape index (κ3) is 4.23. The Morgan fingerprint density at radius 3 is 2.96 bits per heavy atom. The Kier molecular flexibility index (Phi) is 5.11. The number of amides is 2. The van der Waals surface area contributed by atoms with Crippen LogP contribution in [-0.2, 0) is 22.7 Å². The molecule has 1 N–H and O–H groups in total. The van der Waals surface area contributed by atoms with Gasteiger partial charge in [-0.2, -0.15) is 0 Å². The van der Waals surface area contributed by atoms with Crippen molar-refractivity contribution < 1.29 is 14.1 Å². The number of hydrogen-bond acceptors (Lipinski definition) is 5. The number of carbonyl (C=O) groups excluding carboxylic acids is 2. The van der Waals surface area contributed by atoms with Crippen LogP contribution in [0.3, 0.4) is 0 Å². The minimum absolute atomic E-state index is 0.0208. The van der Waals surface area contributed by atoms with Crippen molar-refractivity contribution >= 4 is 11.8 Å². The fourth-order valence-corrected chi connectivity index (χ4v) is 2.79. The molecule has 7 nitrogen and oxygen atoms in total. The van der Waals surface area contributed by atoms with E-state index in [2.05, 4.69) is 15.5 Å². The van der Waals surface area contributed by atoms with E-state index in [4.69, 9.17) is 4.52 Å². The summed E-state index contributed by atoms with van der Waals surface area (Å²) in [5, 5.41) is 6.80. The van der Waals surface area contributed by atoms with Crippen LogP contribution >= 0.6 is 0 Å². The SMILES string of the molecule is CC(C)c1cc(CNC(=O)[C@H]2CC(=O)N(Cc3ccccn3)C2)on1. The van der Waals surface area contributed by atoms with Crippen molar-refractivity contribution in [3.8, 4) is 0 Å². The van der Waals surface area contributed by atoms with Crippen molar-refractivity contribution in [3.63, 3.8) is 0 Å². The smallest absolute Gasteiger partial charge is 0.225 e. The first-order valence-corrected chi connectivity index (χ1v) is 8.44. The molecule has 1 fully saturated rings. The predicted octanol–water partition coefficient (Wildman–Crippen LogP) is 1.86. The summed E-state index contributed by atoms with van der Waals surface area (Å²) in [5.74, 6) is 0.392. The molecule has 1 aliphatic heterocycles. The molecule has 0 radical (unpaired) electrons. The number of hydrogen-bond donors (Lipinski definition) is 1. The van der Waals surface area contributed by atoms with Crippen LogP contribution in [0.15, 0.2) is 35.0 Å². The van der Waals surface area contributed by atoms with Crippen molar-refractivity contribution in [2.75, 3.05) is 6.54 Å². The molecule has 7 heteroatoms. The molecule has 1 saturated heterocycles. The van der Waals surface area contributed by atoms with Gasteiger partial charge in [-0.15, -0.1) is 0 Å². The fraction of sp³-hybridized carbons (Fsp3) is 0.444. The summed E-state index contributed by atoms with van der Waals surface area (Å²) < 4.78 is 5.21. The van der Waals surface area contributed by atoms with Gasteiger partial charge in [-0.1, -0.05) is 25.1 Å². The summed E-state index contributed by atoms with van der Waals surface area (Å²) in [6.45, 7) is 5.18. The number of nitrogens with zero attached hydrogens (tertiary/aromatic N) is 3. The van der Waals surface area contributed by atoms with E-state index in [1.807, 2.05) is 38.1 Å². The van der Waals surface area contributed by atoms with Gasteiger partial charge < -0.3 is 14.7 Å². The van der Waals surface area contributed by atoms with Crippen LogP contribution in [0.1, 0.15) is 43.3 Å². The topological polar surface area (TPSA) is 88.3 Å². The number of pyridine rings is 1. The van der Waals surface area contributed by atoms with Crippen molar-refractivity contribution in [3.05, 3.63) is 47.6 Å². The van der Waals surface area contributed by atoms with E-state index in [1.165, 1.54) is 0 Å². The number of rotatable bonds is 6. The molecule has 25 heavy (non-hydrogen) atoms. The van der Waals surface area contributed by atoms with Gasteiger partial charge >= 0.3 is 0 Å². The molecule has 2 aromatic heterocycles. The molecule has 0 saturated carbocycles. The Balaban J connectivity index is 1.51. The Bertz CT molecular complexity index is 742. The standard InChI is InChI=1S/C18H22N4O3/c1-12(2)16-8-15(25-21-16)9-20-18(24)13-7-17(23)22(10-13)11-14-5-3-4-6-19-14/h3-6,8,12-13H,7,9-11H2,1-2H3,(H,20,24)/t13-/m0/s1. The van der Waals surface area contributed by atoms with Gasteiger partial charge in [0.15, 0.2) is 5.76 Å². The lowest BCUT2D eigenvalue weighted by Crippen LogP contribution is -2.32. The molecule has 132 valence electrons. The quantitative estimate of drug-likeness (QED) is 0.865. The lowest BCUT2D eigenvalue weighted by Gasteiger charge is -2.15. The molecule has 0 aromatic carbocycles. The summed E-state index contributed by atoms with van der Waals surface area (Å²) in [6, 6.07) is 7.44. The first kappa shape index (κ1) is 17.1. The zero-order valence-electron chi connectivity index (χ0n) is 14.4.